The maximum absolute atomic E-state index is 4.02. The number of hydrogen-bond acceptors (Lipinski definition) is 3. The Bertz CT molecular complexity index is 218. The van der Waals surface area contributed by atoms with Crippen molar-refractivity contribution in [3.05, 3.63) is 23.9 Å². The topological polar surface area (TPSA) is 29.9 Å². The second-order valence-corrected chi connectivity index (χ2v) is 2.47. The minimum absolute atomic E-state index is 1.03. The molecule has 1 N–H and O–H groups in total. The lowest BCUT2D eigenvalue weighted by molar-refractivity contribution is 1.01. The van der Waals surface area contributed by atoms with E-state index in [0.29, 0.717) is 0 Å². The fourth-order valence-electron chi connectivity index (χ4n) is 0.685. The van der Waals surface area contributed by atoms with Crippen LogP contribution in [0, 0.1) is 0 Å². The zero-order valence-corrected chi connectivity index (χ0v) is 5.43. The van der Waals surface area contributed by atoms with Gasteiger partial charge < -0.3 is 5.32 Å². The van der Waals surface area contributed by atoms with E-state index in [-0.39, 0.29) is 0 Å². The molecule has 2 rings (SSSR count). The van der Waals surface area contributed by atoms with Crippen molar-refractivity contribution in [3.63, 3.8) is 0 Å². The van der Waals surface area contributed by atoms with E-state index in [1.54, 1.807) is 18.1 Å². The predicted molar refractivity (Wildman–Crippen MR) is 38.0 cm³/mol. The van der Waals surface area contributed by atoms with Gasteiger partial charge in [0.15, 0.2) is 0 Å². The van der Waals surface area contributed by atoms with E-state index in [9.17, 15) is 0 Å². The molecule has 1 aromatic rings. The summed E-state index contributed by atoms with van der Waals surface area (Å²) in [5.41, 5.74) is 0. The van der Waals surface area contributed by atoms with Crippen LogP contribution in [0.15, 0.2) is 23.9 Å². The molecular weight excluding hydrogens is 134 g/mol. The molecule has 4 heteroatoms. The molecule has 0 spiro atoms. The minimum atomic E-state index is 1.03. The second-order valence-electron chi connectivity index (χ2n) is 1.64. The van der Waals surface area contributed by atoms with Crippen molar-refractivity contribution in [3.8, 4) is 0 Å². The first-order valence-electron chi connectivity index (χ1n) is 2.59. The molecule has 0 unspecified atom stereocenters. The fraction of sp³-hybridized carbons (Fsp3) is 0. The fourth-order valence-corrected chi connectivity index (χ4v) is 1.27. The van der Waals surface area contributed by atoms with Gasteiger partial charge in [-0.25, -0.2) is 0 Å². The first-order valence-corrected chi connectivity index (χ1v) is 3.43. The number of aromatic nitrogens is 2. The minimum Gasteiger partial charge on any atom is -0.345 e. The molecule has 0 amide bonds. The molecule has 0 saturated carbocycles. The van der Waals surface area contributed by atoms with E-state index in [1.165, 1.54) is 0 Å². The van der Waals surface area contributed by atoms with E-state index in [0.717, 1.165) is 5.82 Å². The van der Waals surface area contributed by atoms with Crippen molar-refractivity contribution < 1.29 is 0 Å². The molecule has 2 heterocycles. The molecule has 0 atom stereocenters. The summed E-state index contributed by atoms with van der Waals surface area (Å²) in [6.45, 7) is 0. The van der Waals surface area contributed by atoms with E-state index < -0.39 is 0 Å². The van der Waals surface area contributed by atoms with Crippen molar-refractivity contribution >= 4 is 17.8 Å². The quantitative estimate of drug-likeness (QED) is 0.587. The van der Waals surface area contributed by atoms with Crippen LogP contribution in [0.4, 0.5) is 5.82 Å². The van der Waals surface area contributed by atoms with Gasteiger partial charge >= 0.3 is 0 Å². The van der Waals surface area contributed by atoms with Crippen molar-refractivity contribution in [1.29, 1.82) is 0 Å². The number of hydrogen-bond donors (Lipinski definition) is 1. The Balaban J connectivity index is 2.46. The van der Waals surface area contributed by atoms with Gasteiger partial charge in [0.05, 0.1) is 6.20 Å². The van der Waals surface area contributed by atoms with Crippen LogP contribution in [-0.2, 0) is 0 Å². The maximum Gasteiger partial charge on any atom is 0.140 e. The summed E-state index contributed by atoms with van der Waals surface area (Å²) in [6.07, 6.45) is 3.66. The molecule has 1 aliphatic heterocycles. The van der Waals surface area contributed by atoms with Gasteiger partial charge in [-0.15, -0.1) is 0 Å². The number of anilines is 1. The highest BCUT2D eigenvalue weighted by Gasteiger charge is 2.01. The van der Waals surface area contributed by atoms with E-state index in [4.69, 9.17) is 0 Å². The van der Waals surface area contributed by atoms with Crippen LogP contribution in [-0.4, -0.2) is 9.19 Å². The number of nitrogens with one attached hydrogen (secondary N) is 1. The van der Waals surface area contributed by atoms with Crippen LogP contribution < -0.4 is 5.32 Å². The lowest BCUT2D eigenvalue weighted by atomic mass is 10.6. The molecule has 0 aromatic carbocycles. The molecule has 1 aromatic heterocycles. The predicted octanol–water partition coefficient (Wildman–Crippen LogP) is 1.28. The van der Waals surface area contributed by atoms with Gasteiger partial charge in [0.25, 0.3) is 0 Å². The van der Waals surface area contributed by atoms with E-state index in [1.807, 2.05) is 21.8 Å². The number of nitrogens with zero attached hydrogens (tertiary/aromatic N) is 2. The van der Waals surface area contributed by atoms with Crippen molar-refractivity contribution in [1.82, 2.24) is 9.19 Å². The van der Waals surface area contributed by atoms with Gasteiger partial charge in [0, 0.05) is 29.6 Å². The normalized spacial score (nSPS) is 14.7. The summed E-state index contributed by atoms with van der Waals surface area (Å²) < 4.78 is 1.82. The average molecular weight is 139 g/mol. The zero-order valence-electron chi connectivity index (χ0n) is 4.61. The monoisotopic (exact) mass is 139 g/mol. The summed E-state index contributed by atoms with van der Waals surface area (Å²) in [4.78, 5) is 0. The first kappa shape index (κ1) is 4.93. The third-order valence-corrected chi connectivity index (χ3v) is 1.82. The van der Waals surface area contributed by atoms with Crippen LogP contribution in [0.3, 0.4) is 0 Å². The van der Waals surface area contributed by atoms with Gasteiger partial charge in [-0.2, -0.15) is 9.19 Å². The van der Waals surface area contributed by atoms with Crippen LogP contribution in [0.2, 0.25) is 0 Å². The largest absolute Gasteiger partial charge is 0.345 e. The molecule has 0 bridgehead atoms. The Morgan fingerprint density at radius 2 is 2.67 bits per heavy atom. The number of rotatable bonds is 0. The Hall–Kier alpha value is -0.900. The van der Waals surface area contributed by atoms with Crippen molar-refractivity contribution in [2.75, 3.05) is 5.32 Å². The molecule has 46 valence electrons. The Kier molecular flexibility index (Phi) is 0.989. The van der Waals surface area contributed by atoms with Crippen LogP contribution in [0.25, 0.3) is 0 Å². The molecule has 0 aliphatic carbocycles. The summed E-state index contributed by atoms with van der Waals surface area (Å²) in [5, 5.41) is 9.01. The Morgan fingerprint density at radius 1 is 1.67 bits per heavy atom. The summed E-state index contributed by atoms with van der Waals surface area (Å²) in [5.74, 6) is 1.03. The SMILES string of the molecule is C1=CSn2nccc2N1. The van der Waals surface area contributed by atoms with Crippen LogP contribution >= 0.6 is 11.9 Å². The van der Waals surface area contributed by atoms with Crippen molar-refractivity contribution in [2.24, 2.45) is 0 Å². The number of fused-ring (bicyclic) bond motifs is 1. The van der Waals surface area contributed by atoms with Crippen molar-refractivity contribution in [2.45, 2.75) is 0 Å². The molecule has 0 radical (unpaired) electrons. The molecular formula is C5H5N3S. The van der Waals surface area contributed by atoms with Crippen LogP contribution in [0.1, 0.15) is 0 Å². The summed E-state index contributed by atoms with van der Waals surface area (Å²) in [6, 6.07) is 1.93. The standard InChI is InChI=1S/C5H5N3S/c1-2-7-8-5(1)6-3-4-9-8/h1-4,6H. The highest BCUT2D eigenvalue weighted by atomic mass is 32.2. The smallest absolute Gasteiger partial charge is 0.140 e. The third kappa shape index (κ3) is 0.712. The third-order valence-electron chi connectivity index (χ3n) is 1.07. The van der Waals surface area contributed by atoms with E-state index in [2.05, 4.69) is 10.4 Å². The Morgan fingerprint density at radius 3 is 3.56 bits per heavy atom. The Labute approximate surface area is 56.9 Å². The average Bonchev–Trinajstić information content (AvgIpc) is 2.33. The second kappa shape index (κ2) is 1.80. The lowest BCUT2D eigenvalue weighted by Crippen LogP contribution is -1.99. The summed E-state index contributed by atoms with van der Waals surface area (Å²) >= 11 is 1.56. The highest BCUT2D eigenvalue weighted by Crippen LogP contribution is 2.19. The van der Waals surface area contributed by atoms with Gasteiger partial charge in [-0.1, -0.05) is 0 Å². The molecule has 0 fully saturated rings. The summed E-state index contributed by atoms with van der Waals surface area (Å²) in [7, 11) is 0. The lowest BCUT2D eigenvalue weighted by Gasteiger charge is -2.06. The molecule has 1 aliphatic rings. The van der Waals surface area contributed by atoms with E-state index >= 15 is 0 Å². The molecule has 0 saturated heterocycles. The molecule has 9 heavy (non-hydrogen) atoms. The van der Waals surface area contributed by atoms with Gasteiger partial charge in [0.2, 0.25) is 0 Å². The van der Waals surface area contributed by atoms with Crippen LogP contribution in [0.5, 0.6) is 0 Å². The van der Waals surface area contributed by atoms with Gasteiger partial charge in [-0.3, -0.25) is 0 Å². The zero-order chi connectivity index (χ0) is 6.10. The highest BCUT2D eigenvalue weighted by molar-refractivity contribution is 8.00. The van der Waals surface area contributed by atoms with Gasteiger partial charge in [-0.05, 0) is 0 Å². The maximum atomic E-state index is 4.02. The first-order chi connectivity index (χ1) is 4.47. The van der Waals surface area contributed by atoms with Gasteiger partial charge in [0.1, 0.15) is 5.82 Å². The molecule has 3 nitrogen and oxygen atoms in total.